The zero-order valence-corrected chi connectivity index (χ0v) is 21.6. The minimum Gasteiger partial charge on any atom is -0.465 e. The summed E-state index contributed by atoms with van der Waals surface area (Å²) in [4.78, 5) is 53.5. The van der Waals surface area contributed by atoms with Crippen molar-refractivity contribution in [2.45, 2.75) is 53.5 Å². The molecule has 0 spiro atoms. The highest BCUT2D eigenvalue weighted by Gasteiger charge is 2.31. The van der Waals surface area contributed by atoms with Gasteiger partial charge in [0.05, 0.1) is 17.9 Å². The standard InChI is InChI=1S/C27H32N4O6/c1-5-11-30(13-18-7-8-18)27(35)25(33)21-14-31(15-23(32)36-6-2)22-10-9-19(12-20(21)22)28-26(34)24-16(3)29-37-17(24)4/h9-10,12,14,18H,5-8,11,13,15H2,1-4H3,(H,28,34). The average molecular weight is 509 g/mol. The zero-order chi connectivity index (χ0) is 26.7. The van der Waals surface area contributed by atoms with Crippen LogP contribution in [0, 0.1) is 19.8 Å². The van der Waals surface area contributed by atoms with Gasteiger partial charge in [0, 0.05) is 35.9 Å². The third-order valence-corrected chi connectivity index (χ3v) is 6.40. The van der Waals surface area contributed by atoms with Gasteiger partial charge in [0.1, 0.15) is 17.9 Å². The number of fused-ring (bicyclic) bond motifs is 1. The SMILES string of the molecule is CCCN(CC1CC1)C(=O)C(=O)c1cn(CC(=O)OCC)c2ccc(NC(=O)c3c(C)noc3C)cc12. The molecule has 10 heteroatoms. The topological polar surface area (TPSA) is 124 Å². The number of nitrogens with one attached hydrogen (secondary N) is 1. The van der Waals surface area contributed by atoms with E-state index in [1.54, 1.807) is 48.4 Å². The number of amides is 2. The van der Waals surface area contributed by atoms with Gasteiger partial charge in [-0.1, -0.05) is 12.1 Å². The lowest BCUT2D eigenvalue weighted by Crippen LogP contribution is -2.38. The predicted octanol–water partition coefficient (Wildman–Crippen LogP) is 3.89. The largest absolute Gasteiger partial charge is 0.465 e. The summed E-state index contributed by atoms with van der Waals surface area (Å²) in [5.74, 6) is -1.22. The van der Waals surface area contributed by atoms with Crippen molar-refractivity contribution in [2.24, 2.45) is 5.92 Å². The van der Waals surface area contributed by atoms with Crippen molar-refractivity contribution in [2.75, 3.05) is 25.0 Å². The second kappa shape index (κ2) is 11.0. The van der Waals surface area contributed by atoms with Gasteiger partial charge in [-0.3, -0.25) is 19.2 Å². The minimum absolute atomic E-state index is 0.114. The lowest BCUT2D eigenvalue weighted by molar-refractivity contribution is -0.143. The summed E-state index contributed by atoms with van der Waals surface area (Å²) in [5.41, 5.74) is 1.97. The van der Waals surface area contributed by atoms with Crippen LogP contribution in [-0.2, 0) is 20.9 Å². The molecule has 2 amide bonds. The molecule has 3 aromatic rings. The van der Waals surface area contributed by atoms with Crippen LogP contribution in [0.5, 0.6) is 0 Å². The molecule has 0 bridgehead atoms. The van der Waals surface area contributed by atoms with Crippen LogP contribution in [-0.4, -0.2) is 57.9 Å². The Morgan fingerprint density at radius 3 is 2.57 bits per heavy atom. The predicted molar refractivity (Wildman–Crippen MR) is 136 cm³/mol. The summed E-state index contributed by atoms with van der Waals surface area (Å²) in [6.07, 6.45) is 4.39. The number of Topliss-reactive ketones (excluding diaryl/α,β-unsaturated/α-hetero) is 1. The number of ketones is 1. The van der Waals surface area contributed by atoms with Crippen molar-refractivity contribution >= 4 is 40.2 Å². The lowest BCUT2D eigenvalue weighted by atomic mass is 10.1. The maximum absolute atomic E-state index is 13.5. The number of hydrogen-bond acceptors (Lipinski definition) is 7. The molecule has 0 atom stereocenters. The number of anilines is 1. The molecule has 0 unspecified atom stereocenters. The van der Waals surface area contributed by atoms with Crippen molar-refractivity contribution in [1.82, 2.24) is 14.6 Å². The number of ether oxygens (including phenoxy) is 1. The summed E-state index contributed by atoms with van der Waals surface area (Å²) in [6.45, 7) is 8.20. The summed E-state index contributed by atoms with van der Waals surface area (Å²) < 4.78 is 11.8. The first-order valence-corrected chi connectivity index (χ1v) is 12.6. The number of aromatic nitrogens is 2. The van der Waals surface area contributed by atoms with Gasteiger partial charge in [0.25, 0.3) is 17.6 Å². The fraction of sp³-hybridized carbons (Fsp3) is 0.444. The van der Waals surface area contributed by atoms with Crippen molar-refractivity contribution in [3.05, 3.63) is 47.0 Å². The van der Waals surface area contributed by atoms with Gasteiger partial charge >= 0.3 is 5.97 Å². The molecule has 4 rings (SSSR count). The molecule has 1 aliphatic rings. The van der Waals surface area contributed by atoms with Crippen LogP contribution in [0.4, 0.5) is 5.69 Å². The van der Waals surface area contributed by atoms with E-state index in [2.05, 4.69) is 10.5 Å². The molecule has 0 aliphatic heterocycles. The van der Waals surface area contributed by atoms with Gasteiger partial charge in [0.15, 0.2) is 0 Å². The van der Waals surface area contributed by atoms with E-state index in [1.165, 1.54) is 6.20 Å². The van der Waals surface area contributed by atoms with E-state index in [-0.39, 0.29) is 18.7 Å². The average Bonchev–Trinajstić information content (AvgIpc) is 3.52. The van der Waals surface area contributed by atoms with E-state index in [0.717, 1.165) is 19.3 Å². The molecule has 0 radical (unpaired) electrons. The van der Waals surface area contributed by atoms with Crippen LogP contribution in [0.3, 0.4) is 0 Å². The number of benzene rings is 1. The Bertz CT molecular complexity index is 1330. The normalized spacial score (nSPS) is 13.0. The van der Waals surface area contributed by atoms with Gasteiger partial charge in [0.2, 0.25) is 0 Å². The molecule has 1 saturated carbocycles. The fourth-order valence-corrected chi connectivity index (χ4v) is 4.45. The van der Waals surface area contributed by atoms with Crippen LogP contribution in [0.15, 0.2) is 28.9 Å². The van der Waals surface area contributed by atoms with Crippen LogP contribution in [0.1, 0.15) is 65.3 Å². The van der Waals surface area contributed by atoms with Crippen molar-refractivity contribution in [3.63, 3.8) is 0 Å². The first-order chi connectivity index (χ1) is 17.7. The van der Waals surface area contributed by atoms with Gasteiger partial charge in [-0.2, -0.15) is 0 Å². The maximum atomic E-state index is 13.5. The van der Waals surface area contributed by atoms with Crippen molar-refractivity contribution in [1.29, 1.82) is 0 Å². The van der Waals surface area contributed by atoms with Crippen molar-refractivity contribution in [3.8, 4) is 0 Å². The monoisotopic (exact) mass is 508 g/mol. The summed E-state index contributed by atoms with van der Waals surface area (Å²) in [6, 6.07) is 5.01. The summed E-state index contributed by atoms with van der Waals surface area (Å²) in [5, 5.41) is 7.09. The Hall–Kier alpha value is -3.95. The third-order valence-electron chi connectivity index (χ3n) is 6.40. The number of rotatable bonds is 11. The molecule has 2 aromatic heterocycles. The van der Waals surface area contributed by atoms with Crippen LogP contribution < -0.4 is 5.32 Å². The second-order valence-electron chi connectivity index (χ2n) is 9.38. The molecule has 1 aliphatic carbocycles. The number of nitrogens with zero attached hydrogens (tertiary/aromatic N) is 3. The molecule has 0 saturated heterocycles. The summed E-state index contributed by atoms with van der Waals surface area (Å²) >= 11 is 0. The quantitative estimate of drug-likeness (QED) is 0.237. The van der Waals surface area contributed by atoms with E-state index in [0.29, 0.717) is 52.6 Å². The Balaban J connectivity index is 1.70. The molecular formula is C27H32N4O6. The maximum Gasteiger partial charge on any atom is 0.325 e. The van der Waals surface area contributed by atoms with Gasteiger partial charge in [-0.15, -0.1) is 0 Å². The van der Waals surface area contributed by atoms with E-state index in [1.807, 2.05) is 6.92 Å². The Morgan fingerprint density at radius 1 is 1.19 bits per heavy atom. The molecule has 1 fully saturated rings. The third kappa shape index (κ3) is 5.73. The van der Waals surface area contributed by atoms with Gasteiger partial charge < -0.3 is 24.0 Å². The van der Waals surface area contributed by atoms with Gasteiger partial charge in [-0.25, -0.2) is 0 Å². The van der Waals surface area contributed by atoms with Crippen LogP contribution in [0.2, 0.25) is 0 Å². The fourth-order valence-electron chi connectivity index (χ4n) is 4.45. The van der Waals surface area contributed by atoms with E-state index in [9.17, 15) is 19.2 Å². The molecule has 37 heavy (non-hydrogen) atoms. The van der Waals surface area contributed by atoms with Crippen LogP contribution >= 0.6 is 0 Å². The number of esters is 1. The second-order valence-corrected chi connectivity index (χ2v) is 9.38. The number of carbonyl (C=O) groups excluding carboxylic acids is 4. The Labute approximate surface area is 214 Å². The van der Waals surface area contributed by atoms with E-state index < -0.39 is 23.6 Å². The minimum atomic E-state index is -0.643. The highest BCUT2D eigenvalue weighted by molar-refractivity contribution is 6.45. The van der Waals surface area contributed by atoms with E-state index >= 15 is 0 Å². The number of hydrogen-bond donors (Lipinski definition) is 1. The number of carbonyl (C=O) groups is 4. The molecule has 2 heterocycles. The van der Waals surface area contributed by atoms with Crippen molar-refractivity contribution < 1.29 is 28.4 Å². The highest BCUT2D eigenvalue weighted by atomic mass is 16.5. The molecule has 1 aromatic carbocycles. The summed E-state index contributed by atoms with van der Waals surface area (Å²) in [7, 11) is 0. The van der Waals surface area contributed by atoms with Crippen LogP contribution in [0.25, 0.3) is 10.9 Å². The smallest absolute Gasteiger partial charge is 0.325 e. The van der Waals surface area contributed by atoms with E-state index in [4.69, 9.17) is 9.26 Å². The highest BCUT2D eigenvalue weighted by Crippen LogP contribution is 2.31. The first-order valence-electron chi connectivity index (χ1n) is 12.6. The molecule has 1 N–H and O–H groups in total. The zero-order valence-electron chi connectivity index (χ0n) is 21.6. The van der Waals surface area contributed by atoms with Gasteiger partial charge in [-0.05, 0) is 64.2 Å². The molecule has 10 nitrogen and oxygen atoms in total. The lowest BCUT2D eigenvalue weighted by Gasteiger charge is -2.21. The first kappa shape index (κ1) is 26.1. The Morgan fingerprint density at radius 2 is 1.95 bits per heavy atom. The molecular weight excluding hydrogens is 476 g/mol. The number of aryl methyl sites for hydroxylation is 2. The molecule has 196 valence electrons. The Kier molecular flexibility index (Phi) is 7.75.